The highest BCUT2D eigenvalue weighted by atomic mass is 35.5. The molecule has 2 nitrogen and oxygen atoms in total. The number of alkyl halides is 2. The van der Waals surface area contributed by atoms with Gasteiger partial charge in [-0.2, -0.15) is 0 Å². The van der Waals surface area contributed by atoms with Crippen LogP contribution < -0.4 is 5.32 Å². The molecule has 0 aromatic heterocycles. The average molecular weight is 294 g/mol. The Morgan fingerprint density at radius 1 is 1.50 bits per heavy atom. The molecule has 1 unspecified atom stereocenters. The maximum absolute atomic E-state index is 13.0. The van der Waals surface area contributed by atoms with E-state index in [1.165, 1.54) is 0 Å². The monoisotopic (exact) mass is 293 g/mol. The van der Waals surface area contributed by atoms with E-state index in [0.29, 0.717) is 5.02 Å². The summed E-state index contributed by atoms with van der Waals surface area (Å²) < 4.78 is 26.0. The number of rotatable bonds is 4. The molecule has 0 spiro atoms. The van der Waals surface area contributed by atoms with Crippen molar-refractivity contribution in [3.63, 3.8) is 0 Å². The van der Waals surface area contributed by atoms with E-state index < -0.39 is 19.1 Å². The van der Waals surface area contributed by atoms with Crippen LogP contribution in [0.2, 0.25) is 5.02 Å². The molecule has 1 aromatic carbocycles. The molecule has 0 radical (unpaired) electrons. The van der Waals surface area contributed by atoms with Gasteiger partial charge in [0.05, 0.1) is 6.54 Å². The summed E-state index contributed by atoms with van der Waals surface area (Å²) in [7, 11) is 0. The Kier molecular flexibility index (Phi) is 4.48. The molecule has 1 atom stereocenters. The Labute approximate surface area is 114 Å². The zero-order valence-corrected chi connectivity index (χ0v) is 11.2. The summed E-state index contributed by atoms with van der Waals surface area (Å²) in [5, 5.41) is 12.0. The number of hydrogen-bond donors (Lipinski definition) is 2. The number of thioether (sulfide) groups is 1. The molecular weight excluding hydrogens is 280 g/mol. The molecule has 0 saturated carbocycles. The minimum atomic E-state index is -3.08. The van der Waals surface area contributed by atoms with Gasteiger partial charge in [0.25, 0.3) is 5.92 Å². The average Bonchev–Trinajstić information content (AvgIpc) is 2.36. The van der Waals surface area contributed by atoms with Gasteiger partial charge in [-0.25, -0.2) is 8.78 Å². The molecule has 1 aliphatic rings. The van der Waals surface area contributed by atoms with Gasteiger partial charge in [-0.15, -0.1) is 11.8 Å². The van der Waals surface area contributed by atoms with Crippen LogP contribution in [0.15, 0.2) is 23.1 Å². The van der Waals surface area contributed by atoms with Crippen molar-refractivity contribution >= 4 is 23.4 Å². The summed E-state index contributed by atoms with van der Waals surface area (Å²) in [6.45, 7) is -1.66. The predicted octanol–water partition coefficient (Wildman–Crippen LogP) is 3.09. The molecule has 6 heteroatoms. The Balaban J connectivity index is 2.10. The highest BCUT2D eigenvalue weighted by Gasteiger charge is 2.30. The van der Waals surface area contributed by atoms with Crippen molar-refractivity contribution in [3.8, 4) is 0 Å². The van der Waals surface area contributed by atoms with Crippen LogP contribution in [-0.4, -0.2) is 29.9 Å². The van der Waals surface area contributed by atoms with Crippen LogP contribution in [0, 0.1) is 0 Å². The van der Waals surface area contributed by atoms with Crippen molar-refractivity contribution in [3.05, 3.63) is 28.8 Å². The van der Waals surface area contributed by atoms with Gasteiger partial charge in [-0.05, 0) is 35.9 Å². The summed E-state index contributed by atoms with van der Waals surface area (Å²) in [6, 6.07) is 5.41. The van der Waals surface area contributed by atoms with Crippen LogP contribution in [-0.2, 0) is 0 Å². The Bertz CT molecular complexity index is 431. The summed E-state index contributed by atoms with van der Waals surface area (Å²) in [6.07, 6.45) is 0.777. The third kappa shape index (κ3) is 3.35. The van der Waals surface area contributed by atoms with Gasteiger partial charge in [0, 0.05) is 16.0 Å². The highest BCUT2D eigenvalue weighted by Crippen LogP contribution is 2.37. The lowest BCUT2D eigenvalue weighted by atomic mass is 10.0. The minimum absolute atomic E-state index is 0.127. The number of fused-ring (bicyclic) bond motifs is 1. The molecule has 0 aliphatic carbocycles. The van der Waals surface area contributed by atoms with Gasteiger partial charge in [0.15, 0.2) is 0 Å². The lowest BCUT2D eigenvalue weighted by Crippen LogP contribution is -2.38. The van der Waals surface area contributed by atoms with Crippen molar-refractivity contribution in [2.45, 2.75) is 23.3 Å². The third-order valence-corrected chi connectivity index (χ3v) is 4.21. The van der Waals surface area contributed by atoms with E-state index >= 15 is 0 Å². The zero-order chi connectivity index (χ0) is 13.2. The second-order valence-corrected chi connectivity index (χ2v) is 5.84. The molecule has 100 valence electrons. The second-order valence-electron chi connectivity index (χ2n) is 4.27. The number of aliphatic hydroxyl groups is 1. The van der Waals surface area contributed by atoms with Crippen molar-refractivity contribution in [2.24, 2.45) is 0 Å². The molecule has 2 N–H and O–H groups in total. The third-order valence-electron chi connectivity index (χ3n) is 2.85. The fourth-order valence-corrected chi connectivity index (χ4v) is 3.19. The first-order valence-corrected chi connectivity index (χ1v) is 7.02. The van der Waals surface area contributed by atoms with Crippen molar-refractivity contribution in [2.75, 3.05) is 18.9 Å². The van der Waals surface area contributed by atoms with Gasteiger partial charge in [0.2, 0.25) is 0 Å². The number of halogens is 3. The van der Waals surface area contributed by atoms with Gasteiger partial charge < -0.3 is 10.4 Å². The van der Waals surface area contributed by atoms with Gasteiger partial charge in [-0.3, -0.25) is 0 Å². The molecule has 18 heavy (non-hydrogen) atoms. The normalized spacial score (nSPS) is 19.7. The van der Waals surface area contributed by atoms with Crippen molar-refractivity contribution in [1.82, 2.24) is 5.32 Å². The fourth-order valence-electron chi connectivity index (χ4n) is 1.91. The van der Waals surface area contributed by atoms with E-state index in [2.05, 4.69) is 5.32 Å². The van der Waals surface area contributed by atoms with Crippen LogP contribution in [0.5, 0.6) is 0 Å². The first kappa shape index (κ1) is 14.1. The van der Waals surface area contributed by atoms with E-state index in [-0.39, 0.29) is 6.04 Å². The van der Waals surface area contributed by atoms with Crippen molar-refractivity contribution < 1.29 is 13.9 Å². The molecule has 0 saturated heterocycles. The van der Waals surface area contributed by atoms with E-state index in [0.717, 1.165) is 22.6 Å². The first-order chi connectivity index (χ1) is 8.52. The molecule has 0 fully saturated rings. The predicted molar refractivity (Wildman–Crippen MR) is 69.6 cm³/mol. The van der Waals surface area contributed by atoms with Gasteiger partial charge in [0.1, 0.15) is 6.61 Å². The summed E-state index contributed by atoms with van der Waals surface area (Å²) >= 11 is 7.64. The minimum Gasteiger partial charge on any atom is -0.390 e. The topological polar surface area (TPSA) is 32.3 Å². The second kappa shape index (κ2) is 5.74. The first-order valence-electron chi connectivity index (χ1n) is 5.66. The number of benzene rings is 1. The number of hydrogen-bond acceptors (Lipinski definition) is 3. The standard InChI is InChI=1S/C12H14ClF2NOS/c13-8-1-2-11-9(5-8)10(3-4-18-11)16-6-12(14,15)7-17/h1-2,5,10,16-17H,3-4,6-7H2. The largest absolute Gasteiger partial charge is 0.390 e. The van der Waals surface area contributed by atoms with Crippen LogP contribution in [0.25, 0.3) is 0 Å². The lowest BCUT2D eigenvalue weighted by molar-refractivity contribution is -0.0495. The van der Waals surface area contributed by atoms with E-state index in [4.69, 9.17) is 16.7 Å². The van der Waals surface area contributed by atoms with E-state index in [9.17, 15) is 8.78 Å². The zero-order valence-electron chi connectivity index (χ0n) is 9.63. The van der Waals surface area contributed by atoms with Gasteiger partial charge >= 0.3 is 0 Å². The molecule has 1 heterocycles. The molecule has 1 aromatic rings. The maximum Gasteiger partial charge on any atom is 0.282 e. The molecule has 0 amide bonds. The summed E-state index contributed by atoms with van der Waals surface area (Å²) in [5.74, 6) is -2.19. The molecular formula is C12H14ClF2NOS. The smallest absolute Gasteiger partial charge is 0.282 e. The van der Waals surface area contributed by atoms with E-state index in [1.54, 1.807) is 17.8 Å². The van der Waals surface area contributed by atoms with Crippen LogP contribution in [0.4, 0.5) is 8.78 Å². The SMILES string of the molecule is OCC(F)(F)CNC1CCSc2ccc(Cl)cc21. The molecule has 1 aliphatic heterocycles. The van der Waals surface area contributed by atoms with Crippen LogP contribution >= 0.6 is 23.4 Å². The van der Waals surface area contributed by atoms with Crippen LogP contribution in [0.1, 0.15) is 18.0 Å². The fraction of sp³-hybridized carbons (Fsp3) is 0.500. The molecule has 0 bridgehead atoms. The number of aliphatic hydroxyl groups excluding tert-OH is 1. The van der Waals surface area contributed by atoms with E-state index in [1.807, 2.05) is 12.1 Å². The van der Waals surface area contributed by atoms with Crippen molar-refractivity contribution in [1.29, 1.82) is 0 Å². The van der Waals surface area contributed by atoms with Crippen LogP contribution in [0.3, 0.4) is 0 Å². The van der Waals surface area contributed by atoms with Gasteiger partial charge in [-0.1, -0.05) is 11.6 Å². The Morgan fingerprint density at radius 3 is 3.00 bits per heavy atom. The number of nitrogens with one attached hydrogen (secondary N) is 1. The Morgan fingerprint density at radius 2 is 2.28 bits per heavy atom. The highest BCUT2D eigenvalue weighted by molar-refractivity contribution is 7.99. The lowest BCUT2D eigenvalue weighted by Gasteiger charge is -2.27. The quantitative estimate of drug-likeness (QED) is 0.895. The Hall–Kier alpha value is -0.360. The maximum atomic E-state index is 13.0. The summed E-state index contributed by atoms with van der Waals surface area (Å²) in [4.78, 5) is 1.08. The molecule has 2 rings (SSSR count). The summed E-state index contributed by atoms with van der Waals surface area (Å²) in [5.41, 5.74) is 0.965.